The summed E-state index contributed by atoms with van der Waals surface area (Å²) in [5, 5.41) is 12.6. The first-order valence-corrected chi connectivity index (χ1v) is 5.86. The zero-order valence-corrected chi connectivity index (χ0v) is 10.4. The highest BCUT2D eigenvalue weighted by molar-refractivity contribution is 6.30. The van der Waals surface area contributed by atoms with Crippen LogP contribution in [-0.2, 0) is 6.42 Å². The molecule has 1 aromatic heterocycles. The fourth-order valence-corrected chi connectivity index (χ4v) is 1.63. The third-order valence-corrected chi connectivity index (χ3v) is 2.67. The molecule has 0 radical (unpaired) electrons. The second kappa shape index (κ2) is 5.99. The van der Waals surface area contributed by atoms with Gasteiger partial charge in [-0.3, -0.25) is 0 Å². The van der Waals surface area contributed by atoms with E-state index < -0.39 is 0 Å². The molecule has 1 N–H and O–H groups in total. The maximum absolute atomic E-state index is 8.71. The van der Waals surface area contributed by atoms with Gasteiger partial charge in [0.05, 0.1) is 0 Å². The zero-order chi connectivity index (χ0) is 12.8. The van der Waals surface area contributed by atoms with Crippen LogP contribution in [0.5, 0.6) is 0 Å². The summed E-state index contributed by atoms with van der Waals surface area (Å²) in [6.45, 7) is 0.740. The third-order valence-electron chi connectivity index (χ3n) is 2.41. The van der Waals surface area contributed by atoms with Crippen LogP contribution in [-0.4, -0.2) is 16.5 Å². The monoisotopic (exact) mass is 258 g/mol. The Hall–Kier alpha value is -2.12. The smallest absolute Gasteiger partial charge is 0.145 e. The molecule has 2 rings (SSSR count). The van der Waals surface area contributed by atoms with Gasteiger partial charge < -0.3 is 5.32 Å². The quantitative estimate of drug-likeness (QED) is 0.916. The van der Waals surface area contributed by atoms with E-state index in [1.807, 2.05) is 30.3 Å². The molecule has 0 aliphatic carbocycles. The lowest BCUT2D eigenvalue weighted by molar-refractivity contribution is 0.997. The van der Waals surface area contributed by atoms with Gasteiger partial charge in [0, 0.05) is 17.6 Å². The van der Waals surface area contributed by atoms with E-state index in [4.69, 9.17) is 16.9 Å². The number of hydrogen-bond acceptors (Lipinski definition) is 4. The fourth-order valence-electron chi connectivity index (χ4n) is 1.50. The van der Waals surface area contributed by atoms with Crippen LogP contribution >= 0.6 is 11.6 Å². The second-order valence-electron chi connectivity index (χ2n) is 3.70. The number of benzene rings is 1. The highest BCUT2D eigenvalue weighted by Crippen LogP contribution is 2.10. The average molecular weight is 259 g/mol. The van der Waals surface area contributed by atoms with Crippen molar-refractivity contribution in [3.05, 3.63) is 52.9 Å². The van der Waals surface area contributed by atoms with E-state index in [1.165, 1.54) is 11.9 Å². The Labute approximate surface area is 110 Å². The van der Waals surface area contributed by atoms with Gasteiger partial charge in [0.15, 0.2) is 0 Å². The molecule has 0 fully saturated rings. The number of anilines is 1. The van der Waals surface area contributed by atoms with Crippen LogP contribution in [0.15, 0.2) is 36.7 Å². The number of nitriles is 1. The third kappa shape index (κ3) is 3.44. The molecule has 1 aromatic carbocycles. The van der Waals surface area contributed by atoms with Gasteiger partial charge in [0.1, 0.15) is 23.9 Å². The largest absolute Gasteiger partial charge is 0.370 e. The van der Waals surface area contributed by atoms with Crippen molar-refractivity contribution in [2.24, 2.45) is 0 Å². The molecule has 18 heavy (non-hydrogen) atoms. The van der Waals surface area contributed by atoms with Crippen LogP contribution in [0.1, 0.15) is 11.3 Å². The van der Waals surface area contributed by atoms with E-state index in [9.17, 15) is 0 Å². The van der Waals surface area contributed by atoms with Crippen LogP contribution in [0.4, 0.5) is 5.82 Å². The van der Waals surface area contributed by atoms with E-state index in [0.29, 0.717) is 11.5 Å². The summed E-state index contributed by atoms with van der Waals surface area (Å²) in [4.78, 5) is 7.85. The number of nitrogens with zero attached hydrogens (tertiary/aromatic N) is 3. The van der Waals surface area contributed by atoms with Gasteiger partial charge in [-0.1, -0.05) is 23.7 Å². The molecule has 2 aromatic rings. The molecule has 0 bridgehead atoms. The Balaban J connectivity index is 1.88. The molecule has 0 unspecified atom stereocenters. The number of halogens is 1. The van der Waals surface area contributed by atoms with Crippen molar-refractivity contribution < 1.29 is 0 Å². The molecule has 0 saturated heterocycles. The molecular weight excluding hydrogens is 248 g/mol. The predicted octanol–water partition coefficient (Wildman–Crippen LogP) is 2.66. The minimum atomic E-state index is 0.360. The highest BCUT2D eigenvalue weighted by Gasteiger charge is 1.98. The summed E-state index contributed by atoms with van der Waals surface area (Å²) in [6.07, 6.45) is 2.24. The molecule has 0 aliphatic rings. The summed E-state index contributed by atoms with van der Waals surface area (Å²) >= 11 is 5.81. The SMILES string of the molecule is N#Cc1cc(NCCc2ccc(Cl)cc2)ncn1. The summed E-state index contributed by atoms with van der Waals surface area (Å²) in [5.74, 6) is 0.663. The second-order valence-corrected chi connectivity index (χ2v) is 4.14. The number of hydrogen-bond donors (Lipinski definition) is 1. The predicted molar refractivity (Wildman–Crippen MR) is 70.4 cm³/mol. The lowest BCUT2D eigenvalue weighted by atomic mass is 10.1. The Morgan fingerprint density at radius 1 is 1.22 bits per heavy atom. The lowest BCUT2D eigenvalue weighted by Crippen LogP contribution is -2.06. The molecule has 4 nitrogen and oxygen atoms in total. The normalized spacial score (nSPS) is 9.78. The molecule has 90 valence electrons. The van der Waals surface area contributed by atoms with Crippen molar-refractivity contribution >= 4 is 17.4 Å². The first-order valence-electron chi connectivity index (χ1n) is 5.48. The Kier molecular flexibility index (Phi) is 4.11. The van der Waals surface area contributed by atoms with Crippen LogP contribution in [0.2, 0.25) is 5.02 Å². The maximum Gasteiger partial charge on any atom is 0.145 e. The molecule has 5 heteroatoms. The van der Waals surface area contributed by atoms with Gasteiger partial charge in [-0.15, -0.1) is 0 Å². The average Bonchev–Trinajstić information content (AvgIpc) is 2.41. The van der Waals surface area contributed by atoms with Crippen molar-refractivity contribution in [2.45, 2.75) is 6.42 Å². The standard InChI is InChI=1S/C13H11ClN4/c14-11-3-1-10(2-4-11)5-6-16-13-7-12(8-15)17-9-18-13/h1-4,7,9H,5-6H2,(H,16,17,18). The first-order chi connectivity index (χ1) is 8.78. The highest BCUT2D eigenvalue weighted by atomic mass is 35.5. The minimum Gasteiger partial charge on any atom is -0.370 e. The molecule has 0 atom stereocenters. The molecule has 0 spiro atoms. The maximum atomic E-state index is 8.71. The van der Waals surface area contributed by atoms with Gasteiger partial charge in [0.2, 0.25) is 0 Å². The van der Waals surface area contributed by atoms with Gasteiger partial charge in [-0.25, -0.2) is 9.97 Å². The van der Waals surface area contributed by atoms with Gasteiger partial charge >= 0.3 is 0 Å². The number of nitrogens with one attached hydrogen (secondary N) is 1. The van der Waals surface area contributed by atoms with E-state index >= 15 is 0 Å². The Morgan fingerprint density at radius 3 is 2.72 bits per heavy atom. The zero-order valence-electron chi connectivity index (χ0n) is 9.60. The summed E-state index contributed by atoms with van der Waals surface area (Å²) in [6, 6.07) is 11.3. The van der Waals surface area contributed by atoms with Gasteiger partial charge in [-0.05, 0) is 24.1 Å². The summed E-state index contributed by atoms with van der Waals surface area (Å²) in [7, 11) is 0. The molecule has 0 aliphatic heterocycles. The van der Waals surface area contributed by atoms with E-state index in [0.717, 1.165) is 18.0 Å². The van der Waals surface area contributed by atoms with E-state index in [-0.39, 0.29) is 0 Å². The van der Waals surface area contributed by atoms with Crippen molar-refractivity contribution in [2.75, 3.05) is 11.9 Å². The summed E-state index contributed by atoms with van der Waals surface area (Å²) < 4.78 is 0. The van der Waals surface area contributed by atoms with E-state index in [2.05, 4.69) is 15.3 Å². The lowest BCUT2D eigenvalue weighted by Gasteiger charge is -2.05. The number of rotatable bonds is 4. The number of aromatic nitrogens is 2. The Bertz CT molecular complexity index is 560. The van der Waals surface area contributed by atoms with Crippen molar-refractivity contribution in [1.29, 1.82) is 5.26 Å². The van der Waals surface area contributed by atoms with Crippen LogP contribution < -0.4 is 5.32 Å². The fraction of sp³-hybridized carbons (Fsp3) is 0.154. The van der Waals surface area contributed by atoms with Crippen molar-refractivity contribution in [3.8, 4) is 6.07 Å². The van der Waals surface area contributed by atoms with Crippen LogP contribution in [0.25, 0.3) is 0 Å². The molecule has 1 heterocycles. The first kappa shape index (κ1) is 12.3. The van der Waals surface area contributed by atoms with Crippen LogP contribution in [0, 0.1) is 11.3 Å². The topological polar surface area (TPSA) is 61.6 Å². The van der Waals surface area contributed by atoms with Gasteiger partial charge in [0.25, 0.3) is 0 Å². The molecule has 0 saturated carbocycles. The van der Waals surface area contributed by atoms with Crippen molar-refractivity contribution in [3.63, 3.8) is 0 Å². The Morgan fingerprint density at radius 2 is 2.00 bits per heavy atom. The summed E-state index contributed by atoms with van der Waals surface area (Å²) in [5.41, 5.74) is 1.56. The minimum absolute atomic E-state index is 0.360. The molecule has 0 amide bonds. The van der Waals surface area contributed by atoms with E-state index in [1.54, 1.807) is 6.07 Å². The molecular formula is C13H11ClN4. The van der Waals surface area contributed by atoms with Crippen LogP contribution in [0.3, 0.4) is 0 Å². The van der Waals surface area contributed by atoms with Crippen molar-refractivity contribution in [1.82, 2.24) is 9.97 Å². The van der Waals surface area contributed by atoms with Gasteiger partial charge in [-0.2, -0.15) is 5.26 Å².